The highest BCUT2D eigenvalue weighted by molar-refractivity contribution is 5.69. The highest BCUT2D eigenvalue weighted by Gasteiger charge is 2.60. The Hall–Kier alpha value is -5.51. The minimum Gasteiger partial charge on any atom is -0.437 e. The molecule has 0 radical (unpaired) electrons. The number of nitrogens with zero attached hydrogens (tertiary/aromatic N) is 10. The minimum atomic E-state index is -5.72. The van der Waals surface area contributed by atoms with Gasteiger partial charge in [0.2, 0.25) is 0 Å². The molecular formula is C54H92F12N10O6. The number of amides is 3. The summed E-state index contributed by atoms with van der Waals surface area (Å²) in [6.45, 7) is 31.8. The van der Waals surface area contributed by atoms with E-state index in [-0.39, 0.29) is 20.5 Å². The van der Waals surface area contributed by atoms with Crippen LogP contribution in [0.25, 0.3) is 0 Å². The number of rotatable bonds is 9. The molecule has 0 bridgehead atoms. The van der Waals surface area contributed by atoms with Crippen LogP contribution in [0.1, 0.15) is 119 Å². The molecule has 5 heterocycles. The van der Waals surface area contributed by atoms with Crippen molar-refractivity contribution in [2.45, 2.75) is 167 Å². The Morgan fingerprint density at radius 3 is 1.15 bits per heavy atom. The predicted molar refractivity (Wildman–Crippen MR) is 293 cm³/mol. The van der Waals surface area contributed by atoms with Gasteiger partial charge in [-0.05, 0) is 39.3 Å². The molecule has 3 aliphatic heterocycles. The molecule has 82 heavy (non-hydrogen) atoms. The molecule has 6 rings (SSSR count). The van der Waals surface area contributed by atoms with Crippen molar-refractivity contribution in [1.29, 1.82) is 0 Å². The summed E-state index contributed by atoms with van der Waals surface area (Å²) in [4.78, 5) is 44.9. The van der Waals surface area contributed by atoms with Crippen LogP contribution in [0, 0.1) is 13.8 Å². The Balaban J connectivity index is -0.00000105. The van der Waals surface area contributed by atoms with Gasteiger partial charge in [0.05, 0.1) is 17.1 Å². The second-order valence-electron chi connectivity index (χ2n) is 17.1. The first-order valence-corrected chi connectivity index (χ1v) is 27.2. The molecule has 0 aliphatic carbocycles. The van der Waals surface area contributed by atoms with Gasteiger partial charge in [0.25, 0.3) is 6.10 Å². The number of hydrogen-bond acceptors (Lipinski definition) is 11. The summed E-state index contributed by atoms with van der Waals surface area (Å²) in [6.07, 6.45) is -30.3. The number of piperazine rings is 3. The van der Waals surface area contributed by atoms with E-state index in [0.29, 0.717) is 78.5 Å². The SMILES string of the molecule is C.CC.CC.CC.CC.CC.CC(OC(=O)N1CCN(Cc2ccccc2)CC1)C(F)(F)F.Cc1cc(CN2CCN(C(=O)OC(C(F)(F)F)C(F)(F)F)CC2)n(C)n1.Cc1nn(C)cc1CN1CCN(C(=O)OC(C)C(F)(F)F)CC1. The van der Waals surface area contributed by atoms with Gasteiger partial charge in [-0.3, -0.25) is 24.1 Å². The van der Waals surface area contributed by atoms with Crippen molar-refractivity contribution in [2.24, 2.45) is 14.1 Å². The summed E-state index contributed by atoms with van der Waals surface area (Å²) in [5.74, 6) is 0. The van der Waals surface area contributed by atoms with Gasteiger partial charge < -0.3 is 28.9 Å². The van der Waals surface area contributed by atoms with E-state index < -0.39 is 61.3 Å². The topological polar surface area (TPSA) is 134 Å². The molecule has 1 aromatic carbocycles. The quantitative estimate of drug-likeness (QED) is 0.150. The number of hydrogen-bond donors (Lipinski definition) is 0. The van der Waals surface area contributed by atoms with Crippen molar-refractivity contribution >= 4 is 18.3 Å². The lowest BCUT2D eigenvalue weighted by atomic mass is 10.2. The summed E-state index contributed by atoms with van der Waals surface area (Å²) in [5, 5.41) is 8.47. The highest BCUT2D eigenvalue weighted by Crippen LogP contribution is 2.36. The molecule has 2 unspecified atom stereocenters. The molecule has 0 spiro atoms. The Morgan fingerprint density at radius 2 is 0.841 bits per heavy atom. The smallest absolute Gasteiger partial charge is 0.434 e. The minimum absolute atomic E-state index is 0. The molecule has 3 aliphatic rings. The third-order valence-corrected chi connectivity index (χ3v) is 11.4. The maximum Gasteiger partial charge on any atom is 0.434 e. The van der Waals surface area contributed by atoms with Gasteiger partial charge in [-0.1, -0.05) is 107 Å². The number of aryl methyl sites for hydroxylation is 4. The lowest BCUT2D eigenvalue weighted by Crippen LogP contribution is -2.52. The van der Waals surface area contributed by atoms with Crippen LogP contribution in [0.3, 0.4) is 0 Å². The molecule has 28 heteroatoms. The van der Waals surface area contributed by atoms with Crippen LogP contribution in [0.15, 0.2) is 42.6 Å². The fraction of sp³-hybridized carbons (Fsp3) is 0.722. The summed E-state index contributed by atoms with van der Waals surface area (Å²) in [5.41, 5.74) is 4.97. The molecule has 3 fully saturated rings. The molecule has 2 atom stereocenters. The Kier molecular flexibility index (Phi) is 39.2. The first-order valence-electron chi connectivity index (χ1n) is 27.2. The van der Waals surface area contributed by atoms with Gasteiger partial charge in [0, 0.05) is 124 Å². The average molecular weight is 1210 g/mol. The zero-order valence-corrected chi connectivity index (χ0v) is 49.8. The van der Waals surface area contributed by atoms with Crippen molar-refractivity contribution < 1.29 is 81.3 Å². The maximum atomic E-state index is 12.5. The van der Waals surface area contributed by atoms with Crippen molar-refractivity contribution in [3.05, 3.63) is 70.8 Å². The van der Waals surface area contributed by atoms with Crippen LogP contribution < -0.4 is 0 Å². The average Bonchev–Trinajstić information content (AvgIpc) is 3.93. The number of ether oxygens (including phenoxy) is 3. The van der Waals surface area contributed by atoms with Crippen LogP contribution in [0.4, 0.5) is 67.1 Å². The number of aromatic nitrogens is 4. The molecule has 478 valence electrons. The summed E-state index contributed by atoms with van der Waals surface area (Å²) in [7, 11) is 3.62. The third kappa shape index (κ3) is 29.6. The van der Waals surface area contributed by atoms with Gasteiger partial charge in [-0.15, -0.1) is 0 Å². The second kappa shape index (κ2) is 39.9. The van der Waals surface area contributed by atoms with E-state index in [0.717, 1.165) is 47.9 Å². The van der Waals surface area contributed by atoms with E-state index >= 15 is 0 Å². The monoisotopic (exact) mass is 1200 g/mol. The van der Waals surface area contributed by atoms with E-state index in [9.17, 15) is 67.1 Å². The number of halogens is 12. The maximum absolute atomic E-state index is 12.5. The standard InChI is InChI=1S/C15H19F3N2O2.C14H18F6N4O2.C14H21F3N4O2.5C2H6.CH4/c1-12(15(16,17)18)22-14(21)20-9-7-19(8-10-20)11-13-5-3-2-4-6-13;1-9-7-10(22(2)21-9)8-23-3-5-24(6-4-23)12(25)26-11(13(15,16)17)14(18,19)20;1-10-12(8-19(3)18-10)9-20-4-6-21(7-5-20)13(22)23-11(2)14(15,16)17;5*1-2;/h2-6,12H,7-11H2,1H3;7,11H,3-6,8H2,1-2H3;8,11H,4-7,9H2,1-3H3;5*1-2H3;1H4. The van der Waals surface area contributed by atoms with E-state index in [2.05, 4.69) is 34.2 Å². The fourth-order valence-corrected chi connectivity index (χ4v) is 7.27. The molecule has 2 aromatic heterocycles. The first-order chi connectivity index (χ1) is 37.9. The van der Waals surface area contributed by atoms with Gasteiger partial charge >= 0.3 is 43.0 Å². The van der Waals surface area contributed by atoms with Gasteiger partial charge in [0.15, 0.2) is 12.2 Å². The Morgan fingerprint density at radius 1 is 0.500 bits per heavy atom. The van der Waals surface area contributed by atoms with Crippen molar-refractivity contribution in [3.63, 3.8) is 0 Å². The lowest BCUT2D eigenvalue weighted by molar-refractivity contribution is -0.308. The summed E-state index contributed by atoms with van der Waals surface area (Å²) in [6, 6.07) is 11.8. The molecule has 0 saturated carbocycles. The van der Waals surface area contributed by atoms with Crippen molar-refractivity contribution in [1.82, 2.24) is 49.0 Å². The van der Waals surface area contributed by atoms with Crippen molar-refractivity contribution in [2.75, 3.05) is 78.5 Å². The Labute approximate surface area is 477 Å². The first kappa shape index (κ1) is 80.7. The lowest BCUT2D eigenvalue weighted by Gasteiger charge is -2.35. The van der Waals surface area contributed by atoms with E-state index in [1.54, 1.807) is 16.4 Å². The highest BCUT2D eigenvalue weighted by atomic mass is 19.4. The van der Waals surface area contributed by atoms with Crippen LogP contribution in [-0.4, -0.2) is 189 Å². The summed E-state index contributed by atoms with van der Waals surface area (Å²) >= 11 is 0. The molecule has 3 saturated heterocycles. The van der Waals surface area contributed by atoms with Gasteiger partial charge in [0.1, 0.15) is 0 Å². The molecule has 3 amide bonds. The van der Waals surface area contributed by atoms with Crippen LogP contribution in [0.5, 0.6) is 0 Å². The molecule has 0 N–H and O–H groups in total. The number of carbonyl (C=O) groups is 3. The van der Waals surface area contributed by atoms with Crippen LogP contribution in [0.2, 0.25) is 0 Å². The van der Waals surface area contributed by atoms with Gasteiger partial charge in [-0.2, -0.15) is 62.9 Å². The fourth-order valence-electron chi connectivity index (χ4n) is 7.27. The molecular weight excluding hydrogens is 1110 g/mol. The Bertz CT molecular complexity index is 2140. The zero-order chi connectivity index (χ0) is 63.1. The van der Waals surface area contributed by atoms with E-state index in [1.807, 2.05) is 138 Å². The molecule has 16 nitrogen and oxygen atoms in total. The number of benzene rings is 1. The second-order valence-corrected chi connectivity index (χ2v) is 17.1. The van der Waals surface area contributed by atoms with E-state index in [1.165, 1.54) is 15.4 Å². The number of carbonyl (C=O) groups excluding carboxylic acids is 3. The largest absolute Gasteiger partial charge is 0.437 e. The van der Waals surface area contributed by atoms with Gasteiger partial charge in [-0.25, -0.2) is 14.4 Å². The van der Waals surface area contributed by atoms with E-state index in [4.69, 9.17) is 0 Å². The normalized spacial score (nSPS) is 15.7. The third-order valence-electron chi connectivity index (χ3n) is 11.4. The predicted octanol–water partition coefficient (Wildman–Crippen LogP) is 13.1. The van der Waals surface area contributed by atoms with Crippen LogP contribution in [-0.2, 0) is 47.9 Å². The summed E-state index contributed by atoms with van der Waals surface area (Å²) < 4.78 is 165. The number of alkyl halides is 12. The molecule has 3 aromatic rings. The van der Waals surface area contributed by atoms with Crippen LogP contribution >= 0.6 is 0 Å². The van der Waals surface area contributed by atoms with Crippen molar-refractivity contribution in [3.8, 4) is 0 Å². The zero-order valence-electron chi connectivity index (χ0n) is 49.8.